The molecule has 0 unspecified atom stereocenters. The molecule has 4 nitrogen and oxygen atoms in total. The number of pyridine rings is 1. The molecule has 0 spiro atoms. The largest absolute Gasteiger partial charge is 0.348 e. The van der Waals surface area contributed by atoms with Crippen molar-refractivity contribution in [2.45, 2.75) is 44.7 Å². The fourth-order valence-corrected chi connectivity index (χ4v) is 2.27. The van der Waals surface area contributed by atoms with Crippen molar-refractivity contribution in [2.24, 2.45) is 5.73 Å². The van der Waals surface area contributed by atoms with Gasteiger partial charge < -0.3 is 11.1 Å². The third-order valence-electron chi connectivity index (χ3n) is 3.27. The van der Waals surface area contributed by atoms with Crippen LogP contribution in [-0.4, -0.2) is 23.0 Å². The van der Waals surface area contributed by atoms with Gasteiger partial charge in [0.05, 0.1) is 5.56 Å². The maximum Gasteiger partial charge on any atom is 0.253 e. The molecule has 0 radical (unpaired) electrons. The highest BCUT2D eigenvalue weighted by Gasteiger charge is 2.23. The van der Waals surface area contributed by atoms with Gasteiger partial charge in [0.1, 0.15) is 0 Å². The first-order valence-corrected chi connectivity index (χ1v) is 6.15. The molecule has 2 atom stereocenters. The Kier molecular flexibility index (Phi) is 3.74. The summed E-state index contributed by atoms with van der Waals surface area (Å²) in [5.41, 5.74) is 7.61. The smallest absolute Gasteiger partial charge is 0.253 e. The Bertz CT molecular complexity index is 405. The first-order chi connectivity index (χ1) is 8.16. The Balaban J connectivity index is 2.01. The summed E-state index contributed by atoms with van der Waals surface area (Å²) < 4.78 is 0. The Morgan fingerprint density at radius 3 is 2.88 bits per heavy atom. The Morgan fingerprint density at radius 2 is 2.18 bits per heavy atom. The molecule has 1 aromatic heterocycles. The normalized spacial score (nSPS) is 24.4. The lowest BCUT2D eigenvalue weighted by atomic mass is 9.91. The molecule has 1 aliphatic carbocycles. The molecule has 0 bridgehead atoms. The molecule has 0 aromatic carbocycles. The zero-order valence-corrected chi connectivity index (χ0v) is 10.1. The number of hydrogen-bond donors (Lipinski definition) is 2. The maximum atomic E-state index is 12.0. The van der Waals surface area contributed by atoms with Crippen molar-refractivity contribution in [1.29, 1.82) is 0 Å². The number of nitrogens with zero attached hydrogens (tertiary/aromatic N) is 1. The lowest BCUT2D eigenvalue weighted by Gasteiger charge is -2.29. The number of nitrogens with one attached hydrogen (secondary N) is 1. The van der Waals surface area contributed by atoms with Crippen LogP contribution in [0.15, 0.2) is 18.5 Å². The highest BCUT2D eigenvalue weighted by molar-refractivity contribution is 5.94. The Hall–Kier alpha value is -1.42. The van der Waals surface area contributed by atoms with Crippen LogP contribution >= 0.6 is 0 Å². The number of carbonyl (C=O) groups excluding carboxylic acids is 1. The average Bonchev–Trinajstić information content (AvgIpc) is 2.32. The molecule has 0 aliphatic heterocycles. The van der Waals surface area contributed by atoms with Gasteiger partial charge in [-0.2, -0.15) is 0 Å². The topological polar surface area (TPSA) is 68.0 Å². The number of aryl methyl sites for hydroxylation is 1. The van der Waals surface area contributed by atoms with Gasteiger partial charge in [-0.1, -0.05) is 12.8 Å². The van der Waals surface area contributed by atoms with Gasteiger partial charge in [0.15, 0.2) is 0 Å². The van der Waals surface area contributed by atoms with E-state index in [1.54, 1.807) is 12.4 Å². The SMILES string of the molecule is Cc1cncc(C(=O)N[C@@H]2CCCC[C@H]2N)c1. The maximum absolute atomic E-state index is 12.0. The van der Waals surface area contributed by atoms with E-state index in [1.807, 2.05) is 13.0 Å². The fraction of sp³-hybridized carbons (Fsp3) is 0.538. The molecular weight excluding hydrogens is 214 g/mol. The summed E-state index contributed by atoms with van der Waals surface area (Å²) in [6.07, 6.45) is 7.62. The summed E-state index contributed by atoms with van der Waals surface area (Å²) >= 11 is 0. The number of aromatic nitrogens is 1. The molecule has 17 heavy (non-hydrogen) atoms. The highest BCUT2D eigenvalue weighted by atomic mass is 16.1. The van der Waals surface area contributed by atoms with E-state index >= 15 is 0 Å². The number of carbonyl (C=O) groups is 1. The van der Waals surface area contributed by atoms with Gasteiger partial charge in [-0.25, -0.2) is 0 Å². The van der Waals surface area contributed by atoms with E-state index < -0.39 is 0 Å². The zero-order chi connectivity index (χ0) is 12.3. The van der Waals surface area contributed by atoms with Crippen LogP contribution in [0, 0.1) is 6.92 Å². The van der Waals surface area contributed by atoms with Gasteiger partial charge >= 0.3 is 0 Å². The minimum absolute atomic E-state index is 0.0662. The van der Waals surface area contributed by atoms with E-state index in [1.165, 1.54) is 6.42 Å². The summed E-state index contributed by atoms with van der Waals surface area (Å²) in [5, 5.41) is 3.01. The molecule has 92 valence electrons. The van der Waals surface area contributed by atoms with Crippen molar-refractivity contribution in [2.75, 3.05) is 0 Å². The van der Waals surface area contributed by atoms with Crippen LogP contribution in [0.3, 0.4) is 0 Å². The van der Waals surface area contributed by atoms with Crippen molar-refractivity contribution < 1.29 is 4.79 Å². The first kappa shape index (κ1) is 12.0. The average molecular weight is 233 g/mol. The summed E-state index contributed by atoms with van der Waals surface area (Å²) in [7, 11) is 0. The first-order valence-electron chi connectivity index (χ1n) is 6.15. The fourth-order valence-electron chi connectivity index (χ4n) is 2.27. The van der Waals surface area contributed by atoms with E-state index in [9.17, 15) is 4.79 Å². The second-order valence-electron chi connectivity index (χ2n) is 4.78. The number of amides is 1. The van der Waals surface area contributed by atoms with Gasteiger partial charge in [0.2, 0.25) is 0 Å². The molecular formula is C13H19N3O. The quantitative estimate of drug-likeness (QED) is 0.811. The molecule has 4 heteroatoms. The highest BCUT2D eigenvalue weighted by Crippen LogP contribution is 2.17. The number of rotatable bonds is 2. The van der Waals surface area contributed by atoms with Crippen molar-refractivity contribution in [3.8, 4) is 0 Å². The zero-order valence-electron chi connectivity index (χ0n) is 10.1. The van der Waals surface area contributed by atoms with E-state index in [2.05, 4.69) is 10.3 Å². The predicted molar refractivity (Wildman–Crippen MR) is 66.7 cm³/mol. The van der Waals surface area contributed by atoms with Crippen LogP contribution in [0.4, 0.5) is 0 Å². The summed E-state index contributed by atoms with van der Waals surface area (Å²) in [4.78, 5) is 16.0. The lowest BCUT2D eigenvalue weighted by Crippen LogP contribution is -2.49. The van der Waals surface area contributed by atoms with E-state index in [0.717, 1.165) is 24.8 Å². The summed E-state index contributed by atoms with van der Waals surface area (Å²) in [5.74, 6) is -0.0662. The Labute approximate surface area is 102 Å². The molecule has 1 fully saturated rings. The third-order valence-corrected chi connectivity index (χ3v) is 3.27. The molecule has 0 saturated heterocycles. The van der Waals surface area contributed by atoms with Gasteiger partial charge in [-0.05, 0) is 31.4 Å². The molecule has 1 amide bonds. The number of nitrogens with two attached hydrogens (primary N) is 1. The van der Waals surface area contributed by atoms with E-state index in [4.69, 9.17) is 5.73 Å². The summed E-state index contributed by atoms with van der Waals surface area (Å²) in [6, 6.07) is 2.04. The van der Waals surface area contributed by atoms with Gasteiger partial charge in [0.25, 0.3) is 5.91 Å². The molecule has 1 aliphatic rings. The molecule has 1 aromatic rings. The minimum Gasteiger partial charge on any atom is -0.348 e. The number of hydrogen-bond acceptors (Lipinski definition) is 3. The second kappa shape index (κ2) is 5.27. The monoisotopic (exact) mass is 233 g/mol. The van der Waals surface area contributed by atoms with Crippen LogP contribution < -0.4 is 11.1 Å². The predicted octanol–water partition coefficient (Wildman–Crippen LogP) is 1.39. The van der Waals surface area contributed by atoms with Gasteiger partial charge in [-0.15, -0.1) is 0 Å². The van der Waals surface area contributed by atoms with Gasteiger partial charge in [0, 0.05) is 24.5 Å². The standard InChI is InChI=1S/C13H19N3O/c1-9-6-10(8-15-7-9)13(17)16-12-5-3-2-4-11(12)14/h6-8,11-12H,2-5,14H2,1H3,(H,16,17)/t11-,12-/m1/s1. The van der Waals surface area contributed by atoms with Crippen molar-refractivity contribution in [1.82, 2.24) is 10.3 Å². The molecule has 3 N–H and O–H groups in total. The van der Waals surface area contributed by atoms with Crippen molar-refractivity contribution >= 4 is 5.91 Å². The van der Waals surface area contributed by atoms with Crippen LogP contribution in [0.5, 0.6) is 0 Å². The minimum atomic E-state index is -0.0662. The van der Waals surface area contributed by atoms with Gasteiger partial charge in [-0.3, -0.25) is 9.78 Å². The van der Waals surface area contributed by atoms with Crippen LogP contribution in [-0.2, 0) is 0 Å². The van der Waals surface area contributed by atoms with Crippen LogP contribution in [0.1, 0.15) is 41.6 Å². The van der Waals surface area contributed by atoms with Crippen molar-refractivity contribution in [3.63, 3.8) is 0 Å². The van der Waals surface area contributed by atoms with E-state index in [0.29, 0.717) is 5.56 Å². The van der Waals surface area contributed by atoms with Crippen LogP contribution in [0.25, 0.3) is 0 Å². The van der Waals surface area contributed by atoms with Crippen LogP contribution in [0.2, 0.25) is 0 Å². The molecule has 2 rings (SSSR count). The third kappa shape index (κ3) is 3.03. The second-order valence-corrected chi connectivity index (χ2v) is 4.78. The van der Waals surface area contributed by atoms with Crippen molar-refractivity contribution in [3.05, 3.63) is 29.6 Å². The Morgan fingerprint density at radius 1 is 1.41 bits per heavy atom. The lowest BCUT2D eigenvalue weighted by molar-refractivity contribution is 0.0921. The molecule has 1 heterocycles. The van der Waals surface area contributed by atoms with E-state index in [-0.39, 0.29) is 18.0 Å². The molecule has 1 saturated carbocycles. The summed E-state index contributed by atoms with van der Waals surface area (Å²) in [6.45, 7) is 1.93.